The van der Waals surface area contributed by atoms with Gasteiger partial charge >= 0.3 is 6.01 Å². The van der Waals surface area contributed by atoms with Crippen molar-refractivity contribution in [1.82, 2.24) is 19.5 Å². The highest BCUT2D eigenvalue weighted by molar-refractivity contribution is 6.01. The average Bonchev–Trinajstić information content (AvgIpc) is 3.02. The lowest BCUT2D eigenvalue weighted by molar-refractivity contribution is 0.324. The summed E-state index contributed by atoms with van der Waals surface area (Å²) in [6, 6.07) is 13.3. The van der Waals surface area contributed by atoms with Gasteiger partial charge in [0.15, 0.2) is 0 Å². The van der Waals surface area contributed by atoms with Crippen LogP contribution in [0, 0.1) is 0 Å². The van der Waals surface area contributed by atoms with Gasteiger partial charge < -0.3 is 20.4 Å². The molecule has 2 fully saturated rings. The van der Waals surface area contributed by atoms with Gasteiger partial charge in [0.25, 0.3) is 0 Å². The normalized spacial score (nSPS) is 16.5. The second-order valence-corrected chi connectivity index (χ2v) is 8.73. The Bertz CT molecular complexity index is 1240. The minimum absolute atomic E-state index is 0.334. The summed E-state index contributed by atoms with van der Waals surface area (Å²) in [7, 11) is 0. The summed E-state index contributed by atoms with van der Waals surface area (Å²) < 4.78 is 8.28. The number of hydrogen-bond acceptors (Lipinski definition) is 6. The molecule has 162 valence electrons. The first-order valence-electron chi connectivity index (χ1n) is 11.4. The van der Waals surface area contributed by atoms with Gasteiger partial charge in [-0.05, 0) is 68.9 Å². The number of anilines is 2. The Morgan fingerprint density at radius 3 is 2.44 bits per heavy atom. The molecule has 0 radical (unpaired) electrons. The number of nitrogen functional groups attached to an aromatic ring is 1. The third kappa shape index (κ3) is 3.34. The Balaban J connectivity index is 1.40. The number of aromatic nitrogens is 4. The van der Waals surface area contributed by atoms with Crippen LogP contribution in [0.1, 0.15) is 44.6 Å². The van der Waals surface area contributed by atoms with Gasteiger partial charge in [-0.2, -0.15) is 0 Å². The zero-order chi connectivity index (χ0) is 21.5. The molecule has 3 aromatic heterocycles. The highest BCUT2D eigenvalue weighted by Crippen LogP contribution is 2.45. The zero-order valence-electron chi connectivity index (χ0n) is 17.9. The van der Waals surface area contributed by atoms with E-state index < -0.39 is 0 Å². The fourth-order valence-corrected chi connectivity index (χ4v) is 4.52. The summed E-state index contributed by atoms with van der Waals surface area (Å²) in [4.78, 5) is 13.0. The summed E-state index contributed by atoms with van der Waals surface area (Å²) in [5.41, 5.74) is 10.7. The molecule has 6 rings (SSSR count). The lowest BCUT2D eigenvalue weighted by atomic mass is 9.92. The number of benzene rings is 1. The highest BCUT2D eigenvalue weighted by atomic mass is 16.5. The van der Waals surface area contributed by atoms with Crippen LogP contribution < -0.4 is 15.8 Å². The number of nitrogens with one attached hydrogen (secondary N) is 1. The third-order valence-corrected chi connectivity index (χ3v) is 6.70. The maximum absolute atomic E-state index is 6.71. The molecule has 0 aliphatic heterocycles. The summed E-state index contributed by atoms with van der Waals surface area (Å²) in [6.45, 7) is 0. The average molecular weight is 427 g/mol. The molecule has 3 N–H and O–H groups in total. The fraction of sp³-hybridized carbons (Fsp3) is 0.320. The van der Waals surface area contributed by atoms with Crippen molar-refractivity contribution in [3.05, 3.63) is 55.0 Å². The lowest BCUT2D eigenvalue weighted by Crippen LogP contribution is -2.27. The first-order chi connectivity index (χ1) is 15.8. The van der Waals surface area contributed by atoms with E-state index in [2.05, 4.69) is 37.0 Å². The zero-order valence-corrected chi connectivity index (χ0v) is 17.9. The fourth-order valence-electron chi connectivity index (χ4n) is 4.52. The van der Waals surface area contributed by atoms with Crippen LogP contribution in [0.4, 0.5) is 11.5 Å². The molecular weight excluding hydrogens is 400 g/mol. The SMILES string of the molecule is Nc1c(-c2ccc(NC3CCC3)nc2)n(C2CCC2)c2cc(Oc3ncccn3)ccc12. The second kappa shape index (κ2) is 7.82. The molecule has 2 saturated carbocycles. The van der Waals surface area contributed by atoms with E-state index in [0.717, 1.165) is 46.5 Å². The largest absolute Gasteiger partial charge is 0.424 e. The van der Waals surface area contributed by atoms with Crippen LogP contribution >= 0.6 is 0 Å². The Labute approximate surface area is 186 Å². The van der Waals surface area contributed by atoms with Crippen molar-refractivity contribution in [3.8, 4) is 23.0 Å². The Morgan fingerprint density at radius 1 is 0.969 bits per heavy atom. The number of nitrogens with zero attached hydrogens (tertiary/aromatic N) is 4. The van der Waals surface area contributed by atoms with Crippen LogP contribution in [-0.4, -0.2) is 25.6 Å². The Kier molecular flexibility index (Phi) is 4.67. The van der Waals surface area contributed by atoms with Gasteiger partial charge in [-0.25, -0.2) is 15.0 Å². The monoisotopic (exact) mass is 426 g/mol. The van der Waals surface area contributed by atoms with E-state index in [1.165, 1.54) is 25.7 Å². The number of rotatable bonds is 6. The lowest BCUT2D eigenvalue weighted by Gasteiger charge is -2.30. The number of hydrogen-bond donors (Lipinski definition) is 2. The first-order valence-corrected chi connectivity index (χ1v) is 11.4. The Hall–Kier alpha value is -3.61. The van der Waals surface area contributed by atoms with Gasteiger partial charge in [-0.1, -0.05) is 0 Å². The molecule has 7 nitrogen and oxygen atoms in total. The summed E-state index contributed by atoms with van der Waals surface area (Å²) in [5, 5.41) is 4.54. The Morgan fingerprint density at radius 2 is 1.78 bits per heavy atom. The van der Waals surface area contributed by atoms with Crippen molar-refractivity contribution in [2.24, 2.45) is 0 Å². The summed E-state index contributed by atoms with van der Waals surface area (Å²) >= 11 is 0. The number of nitrogens with two attached hydrogens (primary N) is 1. The highest BCUT2D eigenvalue weighted by Gasteiger charge is 2.27. The van der Waals surface area contributed by atoms with Crippen molar-refractivity contribution >= 4 is 22.4 Å². The molecule has 0 atom stereocenters. The smallest absolute Gasteiger partial charge is 0.321 e. The van der Waals surface area contributed by atoms with Crippen molar-refractivity contribution in [2.75, 3.05) is 11.1 Å². The van der Waals surface area contributed by atoms with E-state index in [4.69, 9.17) is 10.5 Å². The molecule has 0 unspecified atom stereocenters. The van der Waals surface area contributed by atoms with Gasteiger partial charge in [-0.3, -0.25) is 0 Å². The van der Waals surface area contributed by atoms with Gasteiger partial charge in [0, 0.05) is 47.7 Å². The van der Waals surface area contributed by atoms with E-state index in [0.29, 0.717) is 23.8 Å². The van der Waals surface area contributed by atoms with E-state index in [-0.39, 0.29) is 0 Å². The van der Waals surface area contributed by atoms with E-state index in [1.807, 2.05) is 24.4 Å². The maximum atomic E-state index is 6.71. The van der Waals surface area contributed by atoms with Crippen molar-refractivity contribution in [1.29, 1.82) is 0 Å². The van der Waals surface area contributed by atoms with Crippen LogP contribution in [0.15, 0.2) is 55.0 Å². The van der Waals surface area contributed by atoms with Gasteiger partial charge in [0.2, 0.25) is 0 Å². The molecule has 2 aliphatic rings. The number of pyridine rings is 1. The first kappa shape index (κ1) is 19.1. The molecule has 0 spiro atoms. The van der Waals surface area contributed by atoms with E-state index >= 15 is 0 Å². The predicted molar refractivity (Wildman–Crippen MR) is 126 cm³/mol. The summed E-state index contributed by atoms with van der Waals surface area (Å²) in [5.74, 6) is 1.63. The summed E-state index contributed by atoms with van der Waals surface area (Å²) in [6.07, 6.45) is 12.6. The maximum Gasteiger partial charge on any atom is 0.321 e. The van der Waals surface area contributed by atoms with Crippen molar-refractivity contribution in [3.63, 3.8) is 0 Å². The van der Waals surface area contributed by atoms with Crippen LogP contribution in [0.2, 0.25) is 0 Å². The molecule has 7 heteroatoms. The minimum atomic E-state index is 0.334. The molecule has 0 saturated heterocycles. The molecule has 1 aromatic carbocycles. The number of ether oxygens (including phenoxy) is 1. The predicted octanol–water partition coefficient (Wildman–Crippen LogP) is 5.56. The van der Waals surface area contributed by atoms with Gasteiger partial charge in [-0.15, -0.1) is 0 Å². The van der Waals surface area contributed by atoms with Crippen LogP contribution in [-0.2, 0) is 0 Å². The standard InChI is InChI=1S/C25H26N6O/c26-23-20-10-9-19(32-25-27-12-3-13-28-25)14-21(20)31(18-6-2-7-18)24(23)16-8-11-22(29-15-16)30-17-4-1-5-17/h3,8-15,17-18H,1-2,4-7,26H2,(H,29,30). The second-order valence-electron chi connectivity index (χ2n) is 8.73. The molecule has 4 aromatic rings. The molecule has 0 amide bonds. The quantitative estimate of drug-likeness (QED) is 0.420. The topological polar surface area (TPSA) is 90.9 Å². The molecule has 3 heterocycles. The molecule has 2 aliphatic carbocycles. The number of fused-ring (bicyclic) bond motifs is 1. The van der Waals surface area contributed by atoms with Crippen LogP contribution in [0.25, 0.3) is 22.2 Å². The third-order valence-electron chi connectivity index (χ3n) is 6.70. The molecule has 0 bridgehead atoms. The van der Waals surface area contributed by atoms with Crippen molar-refractivity contribution < 1.29 is 4.74 Å². The van der Waals surface area contributed by atoms with Crippen molar-refractivity contribution in [2.45, 2.75) is 50.6 Å². The van der Waals surface area contributed by atoms with Gasteiger partial charge in [0.1, 0.15) is 11.6 Å². The minimum Gasteiger partial charge on any atom is -0.424 e. The van der Waals surface area contributed by atoms with Crippen LogP contribution in [0.5, 0.6) is 11.8 Å². The van der Waals surface area contributed by atoms with Crippen LogP contribution in [0.3, 0.4) is 0 Å². The molecular formula is C25H26N6O. The van der Waals surface area contributed by atoms with E-state index in [1.54, 1.807) is 18.5 Å². The van der Waals surface area contributed by atoms with E-state index in [9.17, 15) is 0 Å². The van der Waals surface area contributed by atoms with Gasteiger partial charge in [0.05, 0.1) is 16.9 Å². The molecule has 32 heavy (non-hydrogen) atoms.